The van der Waals surface area contributed by atoms with Crippen molar-refractivity contribution >= 4 is 33.4 Å². The molecule has 0 saturated heterocycles. The molecule has 1 N–H and O–H groups in total. The zero-order valence-electron chi connectivity index (χ0n) is 16.4. The van der Waals surface area contributed by atoms with Crippen molar-refractivity contribution in [2.24, 2.45) is 7.05 Å². The SMILES string of the molecule is Cn1c(=O)n(CCC(=O)Nc2nc(-c3ccc4c(c3)CCO4)cs2)c2ccccc21. The average molecular weight is 420 g/mol. The highest BCUT2D eigenvalue weighted by atomic mass is 32.1. The first-order valence-corrected chi connectivity index (χ1v) is 10.6. The van der Waals surface area contributed by atoms with E-state index in [0.29, 0.717) is 11.7 Å². The number of para-hydroxylation sites is 2. The Morgan fingerprint density at radius 1 is 1.23 bits per heavy atom. The minimum absolute atomic E-state index is 0.124. The van der Waals surface area contributed by atoms with Crippen LogP contribution in [0.25, 0.3) is 22.3 Å². The Hall–Kier alpha value is -3.39. The van der Waals surface area contributed by atoms with E-state index in [0.717, 1.165) is 41.1 Å². The van der Waals surface area contributed by atoms with Crippen LogP contribution in [-0.4, -0.2) is 26.6 Å². The summed E-state index contributed by atoms with van der Waals surface area (Å²) in [7, 11) is 1.74. The third-order valence-corrected chi connectivity index (χ3v) is 6.11. The van der Waals surface area contributed by atoms with Crippen molar-refractivity contribution in [1.82, 2.24) is 14.1 Å². The molecular weight excluding hydrogens is 400 g/mol. The second-order valence-corrected chi connectivity index (χ2v) is 8.10. The first kappa shape index (κ1) is 18.6. The number of benzene rings is 2. The Kier molecular flexibility index (Phi) is 4.63. The molecule has 2 aromatic heterocycles. The van der Waals surface area contributed by atoms with Crippen LogP contribution in [-0.2, 0) is 24.8 Å². The Morgan fingerprint density at radius 2 is 2.07 bits per heavy atom. The van der Waals surface area contributed by atoms with E-state index >= 15 is 0 Å². The summed E-state index contributed by atoms with van der Waals surface area (Å²) in [6.45, 7) is 1.03. The van der Waals surface area contributed by atoms with E-state index in [1.165, 1.54) is 16.9 Å². The summed E-state index contributed by atoms with van der Waals surface area (Å²) < 4.78 is 8.78. The number of thiazole rings is 1. The molecule has 8 heteroatoms. The first-order chi connectivity index (χ1) is 14.6. The van der Waals surface area contributed by atoms with Gasteiger partial charge in [0.05, 0.1) is 23.3 Å². The second kappa shape index (κ2) is 7.46. The summed E-state index contributed by atoms with van der Waals surface area (Å²) in [6, 6.07) is 13.6. The number of hydrogen-bond donors (Lipinski definition) is 1. The molecule has 0 atom stereocenters. The summed E-state index contributed by atoms with van der Waals surface area (Å²) in [6.07, 6.45) is 1.10. The molecule has 152 valence electrons. The van der Waals surface area contributed by atoms with Crippen LogP contribution in [0.2, 0.25) is 0 Å². The number of imidazole rings is 1. The van der Waals surface area contributed by atoms with Crippen LogP contribution in [0.15, 0.2) is 52.6 Å². The molecular formula is C22H20N4O3S. The van der Waals surface area contributed by atoms with Gasteiger partial charge in [-0.15, -0.1) is 11.3 Å². The monoisotopic (exact) mass is 420 g/mol. The molecule has 0 spiro atoms. The average Bonchev–Trinajstić information content (AvgIpc) is 3.46. The van der Waals surface area contributed by atoms with E-state index < -0.39 is 0 Å². The molecule has 0 radical (unpaired) electrons. The molecule has 4 aromatic rings. The van der Waals surface area contributed by atoms with Crippen molar-refractivity contribution in [1.29, 1.82) is 0 Å². The number of rotatable bonds is 5. The fourth-order valence-electron chi connectivity index (χ4n) is 3.78. The lowest BCUT2D eigenvalue weighted by Gasteiger charge is -2.04. The van der Waals surface area contributed by atoms with Crippen molar-refractivity contribution in [2.75, 3.05) is 11.9 Å². The fourth-order valence-corrected chi connectivity index (χ4v) is 4.52. The number of anilines is 1. The predicted octanol–water partition coefficient (Wildman–Crippen LogP) is 3.43. The normalized spacial score (nSPS) is 12.7. The molecule has 30 heavy (non-hydrogen) atoms. The maximum atomic E-state index is 12.5. The zero-order chi connectivity index (χ0) is 20.7. The van der Waals surface area contributed by atoms with Crippen molar-refractivity contribution in [3.05, 3.63) is 63.9 Å². The number of nitrogens with zero attached hydrogens (tertiary/aromatic N) is 3. The van der Waals surface area contributed by atoms with E-state index in [4.69, 9.17) is 4.74 Å². The highest BCUT2D eigenvalue weighted by Crippen LogP contribution is 2.32. The molecule has 0 aliphatic carbocycles. The first-order valence-electron chi connectivity index (χ1n) is 9.76. The van der Waals surface area contributed by atoms with Gasteiger partial charge < -0.3 is 10.1 Å². The lowest BCUT2D eigenvalue weighted by atomic mass is 10.1. The van der Waals surface area contributed by atoms with E-state index in [9.17, 15) is 9.59 Å². The van der Waals surface area contributed by atoms with Crippen LogP contribution in [0.5, 0.6) is 5.75 Å². The molecule has 0 fully saturated rings. The van der Waals surface area contributed by atoms with Crippen molar-refractivity contribution in [3.63, 3.8) is 0 Å². The largest absolute Gasteiger partial charge is 0.493 e. The summed E-state index contributed by atoms with van der Waals surface area (Å²) in [5.41, 5.74) is 4.59. The molecule has 0 bridgehead atoms. The maximum absolute atomic E-state index is 12.5. The molecule has 1 amide bonds. The van der Waals surface area contributed by atoms with Crippen LogP contribution in [0.1, 0.15) is 12.0 Å². The summed E-state index contributed by atoms with van der Waals surface area (Å²) >= 11 is 1.39. The van der Waals surface area contributed by atoms with Gasteiger partial charge in [0.2, 0.25) is 5.91 Å². The highest BCUT2D eigenvalue weighted by molar-refractivity contribution is 7.14. The van der Waals surface area contributed by atoms with E-state index in [2.05, 4.69) is 16.4 Å². The Bertz CT molecular complexity index is 1320. The van der Waals surface area contributed by atoms with Gasteiger partial charge in [0, 0.05) is 37.4 Å². The third-order valence-electron chi connectivity index (χ3n) is 5.35. The summed E-state index contributed by atoms with van der Waals surface area (Å²) in [5, 5.41) is 5.34. The second-order valence-electron chi connectivity index (χ2n) is 7.24. The summed E-state index contributed by atoms with van der Waals surface area (Å²) in [4.78, 5) is 29.5. The van der Waals surface area contributed by atoms with E-state index in [-0.39, 0.29) is 18.0 Å². The maximum Gasteiger partial charge on any atom is 0.328 e. The van der Waals surface area contributed by atoms with E-state index in [1.54, 1.807) is 16.2 Å². The van der Waals surface area contributed by atoms with Crippen molar-refractivity contribution in [3.8, 4) is 17.0 Å². The minimum atomic E-state index is -0.168. The van der Waals surface area contributed by atoms with Gasteiger partial charge in [-0.05, 0) is 35.9 Å². The lowest BCUT2D eigenvalue weighted by molar-refractivity contribution is -0.116. The Labute approximate surface area is 176 Å². The third kappa shape index (κ3) is 3.29. The van der Waals surface area contributed by atoms with Crippen molar-refractivity contribution < 1.29 is 9.53 Å². The van der Waals surface area contributed by atoms with Gasteiger partial charge in [0.1, 0.15) is 5.75 Å². The number of aryl methyl sites for hydroxylation is 2. The van der Waals surface area contributed by atoms with Gasteiger partial charge >= 0.3 is 5.69 Å². The molecule has 7 nitrogen and oxygen atoms in total. The molecule has 0 unspecified atom stereocenters. The van der Waals surface area contributed by atoms with Crippen molar-refractivity contribution in [2.45, 2.75) is 19.4 Å². The van der Waals surface area contributed by atoms with Crippen LogP contribution in [0.4, 0.5) is 5.13 Å². The lowest BCUT2D eigenvalue weighted by Crippen LogP contribution is -2.24. The van der Waals surface area contributed by atoms with Gasteiger partial charge in [-0.1, -0.05) is 12.1 Å². The Balaban J connectivity index is 1.27. The number of hydrogen-bond acceptors (Lipinski definition) is 5. The summed E-state index contributed by atoms with van der Waals surface area (Å²) in [5.74, 6) is 0.768. The topological polar surface area (TPSA) is 78.2 Å². The minimum Gasteiger partial charge on any atom is -0.493 e. The number of aromatic nitrogens is 3. The predicted molar refractivity (Wildman–Crippen MR) is 117 cm³/mol. The molecule has 5 rings (SSSR count). The Morgan fingerprint density at radius 3 is 2.93 bits per heavy atom. The molecule has 2 aromatic carbocycles. The molecule has 3 heterocycles. The van der Waals surface area contributed by atoms with Crippen LogP contribution in [0.3, 0.4) is 0 Å². The molecule has 0 saturated carbocycles. The number of amides is 1. The zero-order valence-corrected chi connectivity index (χ0v) is 17.2. The standard InChI is InChI=1S/C22H20N4O3S/c1-25-17-4-2-3-5-18(17)26(22(25)28)10-8-20(27)24-21-23-16(13-30-21)14-6-7-19-15(12-14)9-11-29-19/h2-7,12-13H,8-11H2,1H3,(H,23,24,27). The van der Waals surface area contributed by atoms with Crippen LogP contribution in [0, 0.1) is 0 Å². The van der Waals surface area contributed by atoms with Gasteiger partial charge in [-0.2, -0.15) is 0 Å². The number of fused-ring (bicyclic) bond motifs is 2. The number of nitrogens with one attached hydrogen (secondary N) is 1. The van der Waals surface area contributed by atoms with E-state index in [1.807, 2.05) is 41.8 Å². The van der Waals surface area contributed by atoms with Crippen LogP contribution < -0.4 is 15.7 Å². The smallest absolute Gasteiger partial charge is 0.328 e. The van der Waals surface area contributed by atoms with Gasteiger partial charge in [0.15, 0.2) is 5.13 Å². The fraction of sp³-hybridized carbons (Fsp3) is 0.227. The molecule has 1 aliphatic heterocycles. The van der Waals surface area contributed by atoms with Crippen LogP contribution >= 0.6 is 11.3 Å². The highest BCUT2D eigenvalue weighted by Gasteiger charge is 2.15. The van der Waals surface area contributed by atoms with Gasteiger partial charge in [-0.25, -0.2) is 9.78 Å². The van der Waals surface area contributed by atoms with Gasteiger partial charge in [-0.3, -0.25) is 13.9 Å². The number of carbonyl (C=O) groups is 1. The number of ether oxygens (including phenoxy) is 1. The molecule has 1 aliphatic rings. The quantitative estimate of drug-likeness (QED) is 0.537. The van der Waals surface area contributed by atoms with Gasteiger partial charge in [0.25, 0.3) is 0 Å². The number of carbonyl (C=O) groups excluding carboxylic acids is 1.